The molecule has 90 valence electrons. The lowest BCUT2D eigenvalue weighted by Gasteiger charge is -2.06. The summed E-state index contributed by atoms with van der Waals surface area (Å²) in [5.74, 6) is 0. The Hall–Kier alpha value is -1.89. The Morgan fingerprint density at radius 1 is 1.47 bits per heavy atom. The Kier molecular flexibility index (Phi) is 1.99. The van der Waals surface area contributed by atoms with Crippen LogP contribution in [0.1, 0.15) is 0 Å². The highest BCUT2D eigenvalue weighted by atomic mass is 16.6. The average molecular weight is 236 g/mol. The molecule has 1 aliphatic heterocycles. The highest BCUT2D eigenvalue weighted by Gasteiger charge is 2.26. The first-order valence-electron chi connectivity index (χ1n) is 5.32. The molecule has 0 aliphatic carbocycles. The van der Waals surface area contributed by atoms with Crippen LogP contribution in [0.3, 0.4) is 0 Å². The number of epoxide rings is 1. The quantitative estimate of drug-likeness (QED) is 0.616. The summed E-state index contributed by atoms with van der Waals surface area (Å²) in [5.41, 5.74) is 0.193. The monoisotopic (exact) mass is 236 g/mol. The second-order valence-electron chi connectivity index (χ2n) is 4.24. The van der Waals surface area contributed by atoms with Crippen molar-refractivity contribution in [1.29, 1.82) is 0 Å². The topological polar surface area (TPSA) is 74.3 Å². The molecule has 0 aromatic carbocycles. The molecule has 0 bridgehead atoms. The summed E-state index contributed by atoms with van der Waals surface area (Å²) in [7, 11) is 3.35. The Labute approximate surface area is 95.9 Å². The number of hydrogen-bond donors (Lipinski definition) is 0. The molecule has 0 radical (unpaired) electrons. The molecule has 7 nitrogen and oxygen atoms in total. The van der Waals surface area contributed by atoms with Gasteiger partial charge in [0.2, 0.25) is 0 Å². The van der Waals surface area contributed by atoms with Gasteiger partial charge in [-0.2, -0.15) is 0 Å². The van der Waals surface area contributed by atoms with Gasteiger partial charge < -0.3 is 9.30 Å². The summed E-state index contributed by atoms with van der Waals surface area (Å²) < 4.78 is 9.28. The van der Waals surface area contributed by atoms with Crippen molar-refractivity contribution in [3.63, 3.8) is 0 Å². The van der Waals surface area contributed by atoms with Crippen molar-refractivity contribution in [2.45, 2.75) is 12.6 Å². The summed E-state index contributed by atoms with van der Waals surface area (Å²) in [6.45, 7) is 0.922. The molecular formula is C10H12N4O3. The van der Waals surface area contributed by atoms with Gasteiger partial charge in [0.15, 0.2) is 11.2 Å². The lowest BCUT2D eigenvalue weighted by Crippen LogP contribution is -2.40. The smallest absolute Gasteiger partial charge is 0.332 e. The van der Waals surface area contributed by atoms with Crippen molar-refractivity contribution in [1.82, 2.24) is 18.7 Å². The van der Waals surface area contributed by atoms with Crippen LogP contribution in [0.4, 0.5) is 0 Å². The molecule has 0 amide bonds. The molecule has 3 rings (SSSR count). The summed E-state index contributed by atoms with van der Waals surface area (Å²) in [6, 6.07) is 0. The van der Waals surface area contributed by atoms with Crippen LogP contribution >= 0.6 is 0 Å². The zero-order valence-electron chi connectivity index (χ0n) is 9.58. The molecular weight excluding hydrogens is 224 g/mol. The van der Waals surface area contributed by atoms with Crippen LogP contribution in [0.2, 0.25) is 0 Å². The van der Waals surface area contributed by atoms with Gasteiger partial charge in [-0.15, -0.1) is 0 Å². The van der Waals surface area contributed by atoms with Crippen LogP contribution in [-0.4, -0.2) is 31.4 Å². The van der Waals surface area contributed by atoms with Crippen LogP contribution in [0.15, 0.2) is 15.9 Å². The van der Waals surface area contributed by atoms with Crippen molar-refractivity contribution < 1.29 is 4.74 Å². The first-order valence-corrected chi connectivity index (χ1v) is 5.32. The number of fused-ring (bicyclic) bond motifs is 1. The van der Waals surface area contributed by atoms with Crippen molar-refractivity contribution in [2.75, 3.05) is 6.61 Å². The first kappa shape index (κ1) is 10.3. The molecule has 3 heterocycles. The van der Waals surface area contributed by atoms with E-state index in [1.807, 2.05) is 0 Å². The second kappa shape index (κ2) is 3.30. The third-order valence-electron chi connectivity index (χ3n) is 2.99. The number of ether oxygens (including phenoxy) is 1. The van der Waals surface area contributed by atoms with Crippen LogP contribution in [-0.2, 0) is 25.4 Å². The maximum atomic E-state index is 12.2. The van der Waals surface area contributed by atoms with E-state index in [0.29, 0.717) is 24.3 Å². The maximum absolute atomic E-state index is 12.2. The molecule has 2 aromatic rings. The molecule has 1 fully saturated rings. The zero-order valence-corrected chi connectivity index (χ0v) is 9.58. The normalized spacial score (nSPS) is 18.8. The van der Waals surface area contributed by atoms with E-state index in [4.69, 9.17) is 4.74 Å². The average Bonchev–Trinajstić information content (AvgIpc) is 3.04. The van der Waals surface area contributed by atoms with Crippen LogP contribution in [0.25, 0.3) is 11.2 Å². The molecule has 0 spiro atoms. The third kappa shape index (κ3) is 1.42. The van der Waals surface area contributed by atoms with Crippen molar-refractivity contribution in [2.24, 2.45) is 14.1 Å². The molecule has 1 saturated heterocycles. The predicted molar refractivity (Wildman–Crippen MR) is 60.0 cm³/mol. The molecule has 0 N–H and O–H groups in total. The van der Waals surface area contributed by atoms with Gasteiger partial charge in [0, 0.05) is 14.1 Å². The number of imidazole rings is 1. The first-order chi connectivity index (χ1) is 8.09. The minimum atomic E-state index is -0.350. The molecule has 0 saturated carbocycles. The molecule has 1 atom stereocenters. The van der Waals surface area contributed by atoms with Crippen LogP contribution in [0, 0.1) is 0 Å². The van der Waals surface area contributed by atoms with E-state index in [-0.39, 0.29) is 17.4 Å². The Morgan fingerprint density at radius 3 is 2.82 bits per heavy atom. The highest BCUT2D eigenvalue weighted by molar-refractivity contribution is 5.69. The van der Waals surface area contributed by atoms with Gasteiger partial charge in [-0.25, -0.2) is 9.78 Å². The standard InChI is InChI=1S/C10H12N4O3/c1-12-5-11-8-7(12)9(15)14(3-6-4-17-6)10(16)13(8)2/h5-6H,3-4H2,1-2H3. The van der Waals surface area contributed by atoms with Gasteiger partial charge in [0.25, 0.3) is 5.56 Å². The van der Waals surface area contributed by atoms with Crippen molar-refractivity contribution >= 4 is 11.2 Å². The van der Waals surface area contributed by atoms with Crippen molar-refractivity contribution in [3.05, 3.63) is 27.2 Å². The summed E-state index contributed by atoms with van der Waals surface area (Å²) >= 11 is 0. The van der Waals surface area contributed by atoms with E-state index in [0.717, 1.165) is 0 Å². The number of hydrogen-bond acceptors (Lipinski definition) is 4. The third-order valence-corrected chi connectivity index (χ3v) is 2.99. The van der Waals surface area contributed by atoms with Gasteiger partial charge in [0.05, 0.1) is 25.6 Å². The Bertz CT molecular complexity index is 705. The fourth-order valence-electron chi connectivity index (χ4n) is 1.93. The summed E-state index contributed by atoms with van der Waals surface area (Å²) in [6.07, 6.45) is 1.52. The van der Waals surface area contributed by atoms with Gasteiger partial charge in [-0.05, 0) is 0 Å². The van der Waals surface area contributed by atoms with Gasteiger partial charge in [0.1, 0.15) is 0 Å². The van der Waals surface area contributed by atoms with Crippen molar-refractivity contribution in [3.8, 4) is 0 Å². The van der Waals surface area contributed by atoms with E-state index in [1.165, 1.54) is 15.5 Å². The molecule has 1 aliphatic rings. The highest BCUT2D eigenvalue weighted by Crippen LogP contribution is 2.10. The van der Waals surface area contributed by atoms with Crippen LogP contribution in [0.5, 0.6) is 0 Å². The van der Waals surface area contributed by atoms with Gasteiger partial charge >= 0.3 is 5.69 Å². The molecule has 17 heavy (non-hydrogen) atoms. The molecule has 1 unspecified atom stereocenters. The van der Waals surface area contributed by atoms with E-state index in [9.17, 15) is 9.59 Å². The summed E-state index contributed by atoms with van der Waals surface area (Å²) in [5, 5.41) is 0. The van der Waals surface area contributed by atoms with E-state index < -0.39 is 0 Å². The number of rotatable bonds is 2. The number of aryl methyl sites for hydroxylation is 2. The SMILES string of the molecule is Cn1cnc2c1c(=O)n(CC1CO1)c(=O)n2C. The fourth-order valence-corrected chi connectivity index (χ4v) is 1.93. The van der Waals surface area contributed by atoms with Gasteiger partial charge in [-0.1, -0.05) is 0 Å². The lowest BCUT2D eigenvalue weighted by atomic mass is 10.4. The lowest BCUT2D eigenvalue weighted by molar-refractivity contribution is 0.375. The Morgan fingerprint density at radius 2 is 2.18 bits per heavy atom. The molecule has 2 aromatic heterocycles. The zero-order chi connectivity index (χ0) is 12.2. The largest absolute Gasteiger partial charge is 0.371 e. The van der Waals surface area contributed by atoms with Crippen LogP contribution < -0.4 is 11.2 Å². The molecule has 7 heteroatoms. The second-order valence-corrected chi connectivity index (χ2v) is 4.24. The minimum Gasteiger partial charge on any atom is -0.371 e. The van der Waals surface area contributed by atoms with Gasteiger partial charge in [-0.3, -0.25) is 13.9 Å². The van der Waals surface area contributed by atoms with E-state index in [1.54, 1.807) is 18.7 Å². The Balaban J connectivity index is 2.37. The number of nitrogens with zero attached hydrogens (tertiary/aromatic N) is 4. The number of aromatic nitrogens is 4. The van der Waals surface area contributed by atoms with E-state index in [2.05, 4.69) is 4.98 Å². The summed E-state index contributed by atoms with van der Waals surface area (Å²) in [4.78, 5) is 28.2. The minimum absolute atomic E-state index is 0.00826. The predicted octanol–water partition coefficient (Wildman–Crippen LogP) is -1.17. The van der Waals surface area contributed by atoms with E-state index >= 15 is 0 Å². The maximum Gasteiger partial charge on any atom is 0.332 e. The fraction of sp³-hybridized carbons (Fsp3) is 0.500.